The van der Waals surface area contributed by atoms with Crippen LogP contribution in [0.15, 0.2) is 29.3 Å². The summed E-state index contributed by atoms with van der Waals surface area (Å²) in [6.07, 6.45) is 2.57. The fourth-order valence-corrected chi connectivity index (χ4v) is 3.87. The lowest BCUT2D eigenvalue weighted by Crippen LogP contribution is -2.46. The Balaban J connectivity index is 1.52. The number of ether oxygens (including phenoxy) is 1. The second kappa shape index (κ2) is 9.60. The van der Waals surface area contributed by atoms with Gasteiger partial charge in [0.15, 0.2) is 5.96 Å². The van der Waals surface area contributed by atoms with E-state index in [1.807, 2.05) is 7.05 Å². The van der Waals surface area contributed by atoms with Gasteiger partial charge in [0.05, 0.1) is 13.2 Å². The first-order valence-corrected chi connectivity index (χ1v) is 9.81. The Bertz CT molecular complexity index is 640. The van der Waals surface area contributed by atoms with Crippen LogP contribution in [0.5, 0.6) is 0 Å². The quantitative estimate of drug-likeness (QED) is 0.598. The molecule has 0 radical (unpaired) electrons. The van der Waals surface area contributed by atoms with E-state index in [-0.39, 0.29) is 5.91 Å². The summed E-state index contributed by atoms with van der Waals surface area (Å²) in [6.45, 7) is 6.02. The van der Waals surface area contributed by atoms with Gasteiger partial charge in [0.25, 0.3) is 0 Å². The van der Waals surface area contributed by atoms with Gasteiger partial charge in [-0.25, -0.2) is 0 Å². The monoisotopic (exact) mass is 373 g/mol. The lowest BCUT2D eigenvalue weighted by atomic mass is 9.95. The van der Waals surface area contributed by atoms with Crippen LogP contribution in [0.2, 0.25) is 0 Å². The van der Waals surface area contributed by atoms with Crippen molar-refractivity contribution in [3.05, 3.63) is 29.8 Å². The number of piperidine rings is 1. The van der Waals surface area contributed by atoms with Gasteiger partial charge in [-0.3, -0.25) is 9.79 Å². The number of carbonyl (C=O) groups excluding carboxylic acids is 1. The highest BCUT2D eigenvalue weighted by Crippen LogP contribution is 2.20. The fourth-order valence-electron chi connectivity index (χ4n) is 3.87. The van der Waals surface area contributed by atoms with E-state index in [1.165, 1.54) is 11.3 Å². The largest absolute Gasteiger partial charge is 0.378 e. The van der Waals surface area contributed by atoms with Gasteiger partial charge in [-0.1, -0.05) is 12.1 Å². The van der Waals surface area contributed by atoms with Gasteiger partial charge in [-0.15, -0.1) is 0 Å². The summed E-state index contributed by atoms with van der Waals surface area (Å²) in [6, 6.07) is 8.68. The topological polar surface area (TPSA) is 83.2 Å². The molecule has 0 bridgehead atoms. The van der Waals surface area contributed by atoms with Gasteiger partial charge in [0, 0.05) is 51.9 Å². The number of anilines is 1. The predicted octanol–water partition coefficient (Wildman–Crippen LogP) is 1.19. The van der Waals surface area contributed by atoms with Gasteiger partial charge >= 0.3 is 0 Å². The summed E-state index contributed by atoms with van der Waals surface area (Å²) >= 11 is 0. The number of benzene rings is 1. The number of carbonyl (C=O) groups is 1. The molecule has 0 aromatic heterocycles. The number of nitrogens with zero attached hydrogens (tertiary/aromatic N) is 3. The highest BCUT2D eigenvalue weighted by atomic mass is 16.5. The third kappa shape index (κ3) is 5.60. The van der Waals surface area contributed by atoms with E-state index in [9.17, 15) is 4.79 Å². The van der Waals surface area contributed by atoms with Gasteiger partial charge in [-0.2, -0.15) is 0 Å². The summed E-state index contributed by atoms with van der Waals surface area (Å²) in [4.78, 5) is 20.2. The molecule has 148 valence electrons. The zero-order valence-corrected chi connectivity index (χ0v) is 16.2. The van der Waals surface area contributed by atoms with E-state index in [2.05, 4.69) is 44.4 Å². The number of hydrogen-bond acceptors (Lipinski definition) is 4. The molecule has 3 N–H and O–H groups in total. The highest BCUT2D eigenvalue weighted by Gasteiger charge is 2.23. The Morgan fingerprint density at radius 3 is 2.67 bits per heavy atom. The predicted molar refractivity (Wildman–Crippen MR) is 108 cm³/mol. The third-order valence-corrected chi connectivity index (χ3v) is 5.28. The molecule has 2 saturated heterocycles. The number of nitrogens with two attached hydrogens (primary N) is 1. The van der Waals surface area contributed by atoms with Crippen molar-refractivity contribution in [2.45, 2.75) is 25.8 Å². The number of primary amides is 1. The number of hydrogen-bond donors (Lipinski definition) is 2. The van der Waals surface area contributed by atoms with E-state index < -0.39 is 0 Å². The number of guanidine groups is 1. The molecule has 2 fully saturated rings. The lowest BCUT2D eigenvalue weighted by molar-refractivity contribution is -0.119. The Labute approximate surface area is 161 Å². The molecule has 1 unspecified atom stereocenters. The van der Waals surface area contributed by atoms with E-state index in [0.29, 0.717) is 12.3 Å². The molecule has 7 nitrogen and oxygen atoms in total. The molecule has 1 aromatic carbocycles. The molecule has 1 aromatic rings. The van der Waals surface area contributed by atoms with Crippen molar-refractivity contribution in [3.63, 3.8) is 0 Å². The van der Waals surface area contributed by atoms with Crippen LogP contribution in [0.4, 0.5) is 5.69 Å². The molecule has 27 heavy (non-hydrogen) atoms. The fraction of sp³-hybridized carbons (Fsp3) is 0.600. The minimum absolute atomic E-state index is 0.217. The molecule has 1 amide bonds. The van der Waals surface area contributed by atoms with Crippen molar-refractivity contribution in [2.75, 3.05) is 51.3 Å². The van der Waals surface area contributed by atoms with Crippen LogP contribution in [-0.4, -0.2) is 63.2 Å². The van der Waals surface area contributed by atoms with E-state index in [1.54, 1.807) is 0 Å². The minimum atomic E-state index is -0.217. The summed E-state index contributed by atoms with van der Waals surface area (Å²) in [7, 11) is 1.81. The van der Waals surface area contributed by atoms with Crippen molar-refractivity contribution in [1.82, 2.24) is 10.2 Å². The molecule has 7 heteroatoms. The summed E-state index contributed by atoms with van der Waals surface area (Å²) in [5.41, 5.74) is 7.83. The van der Waals surface area contributed by atoms with E-state index in [0.717, 1.165) is 64.7 Å². The van der Waals surface area contributed by atoms with Gasteiger partial charge in [0.2, 0.25) is 5.91 Å². The van der Waals surface area contributed by atoms with E-state index in [4.69, 9.17) is 10.5 Å². The molecule has 0 spiro atoms. The average molecular weight is 374 g/mol. The smallest absolute Gasteiger partial charge is 0.217 e. The van der Waals surface area contributed by atoms with Crippen LogP contribution in [0, 0.1) is 5.92 Å². The first-order valence-electron chi connectivity index (χ1n) is 9.81. The average Bonchev–Trinajstić information content (AvgIpc) is 2.69. The third-order valence-electron chi connectivity index (χ3n) is 5.28. The van der Waals surface area contributed by atoms with Crippen molar-refractivity contribution in [1.29, 1.82) is 0 Å². The van der Waals surface area contributed by atoms with Crippen molar-refractivity contribution in [3.8, 4) is 0 Å². The second-order valence-corrected chi connectivity index (χ2v) is 7.29. The number of amides is 1. The normalized spacial score (nSPS) is 21.2. The summed E-state index contributed by atoms with van der Waals surface area (Å²) in [5, 5.41) is 3.45. The van der Waals surface area contributed by atoms with Crippen LogP contribution in [-0.2, 0) is 16.1 Å². The van der Waals surface area contributed by atoms with Crippen LogP contribution < -0.4 is 16.0 Å². The Hall–Kier alpha value is -2.28. The minimum Gasteiger partial charge on any atom is -0.378 e. The van der Waals surface area contributed by atoms with Crippen LogP contribution in [0.1, 0.15) is 24.8 Å². The van der Waals surface area contributed by atoms with Crippen molar-refractivity contribution >= 4 is 17.6 Å². The highest BCUT2D eigenvalue weighted by molar-refractivity contribution is 5.80. The van der Waals surface area contributed by atoms with Gasteiger partial charge in [0.1, 0.15) is 0 Å². The number of nitrogens with one attached hydrogen (secondary N) is 1. The van der Waals surface area contributed by atoms with Crippen molar-refractivity contribution < 1.29 is 9.53 Å². The number of morpholine rings is 1. The summed E-state index contributed by atoms with van der Waals surface area (Å²) < 4.78 is 5.41. The maximum Gasteiger partial charge on any atom is 0.217 e. The van der Waals surface area contributed by atoms with Gasteiger partial charge in [-0.05, 0) is 36.5 Å². The zero-order valence-electron chi connectivity index (χ0n) is 16.2. The molecule has 2 heterocycles. The number of rotatable bonds is 5. The van der Waals surface area contributed by atoms with Crippen molar-refractivity contribution in [2.24, 2.45) is 16.6 Å². The Morgan fingerprint density at radius 1 is 1.26 bits per heavy atom. The molecule has 3 rings (SSSR count). The zero-order chi connectivity index (χ0) is 19.1. The number of aliphatic imine (C=N–C) groups is 1. The number of likely N-dealkylation sites (tertiary alicyclic amines) is 1. The van der Waals surface area contributed by atoms with Crippen LogP contribution in [0.3, 0.4) is 0 Å². The summed E-state index contributed by atoms with van der Waals surface area (Å²) in [5.74, 6) is 0.995. The van der Waals surface area contributed by atoms with E-state index >= 15 is 0 Å². The van der Waals surface area contributed by atoms with Crippen LogP contribution >= 0.6 is 0 Å². The van der Waals surface area contributed by atoms with Gasteiger partial charge < -0.3 is 25.6 Å². The maximum atomic E-state index is 11.2. The first-order chi connectivity index (χ1) is 13.2. The Kier molecular flexibility index (Phi) is 6.92. The van der Waals surface area contributed by atoms with Crippen LogP contribution in [0.25, 0.3) is 0 Å². The molecule has 0 saturated carbocycles. The second-order valence-electron chi connectivity index (χ2n) is 7.29. The SMILES string of the molecule is CN=C(NCc1ccc(N2CCOCC2)cc1)N1CCCC(CC(N)=O)C1. The molecular weight excluding hydrogens is 342 g/mol. The molecule has 0 aliphatic carbocycles. The molecular formula is C20H31N5O2. The molecule has 1 atom stereocenters. The maximum absolute atomic E-state index is 11.2. The first kappa shape index (κ1) is 19.5. The lowest BCUT2D eigenvalue weighted by Gasteiger charge is -2.34. The molecule has 2 aliphatic rings. The Morgan fingerprint density at radius 2 is 2.00 bits per heavy atom. The standard InChI is InChI=1S/C20H31N5O2/c1-22-20(25-8-2-3-17(15-25)13-19(21)26)23-14-16-4-6-18(7-5-16)24-9-11-27-12-10-24/h4-7,17H,2-3,8-15H2,1H3,(H2,21,26)(H,22,23). The molecule has 2 aliphatic heterocycles.